The van der Waals surface area contributed by atoms with Crippen LogP contribution in [-0.4, -0.2) is 4.98 Å². The molecular formula is C15H16N2S2. The standard InChI is InChI=1S/C15H16N2S2/c1-3-11-7-8-18-13(11)9-16-15-17-14-10(2)5-4-6-12(14)19-15/h4-8H,3,9H2,1-2H3,(H,16,17). The maximum absolute atomic E-state index is 4.68. The molecule has 0 amide bonds. The van der Waals surface area contributed by atoms with E-state index in [9.17, 15) is 0 Å². The van der Waals surface area contributed by atoms with Gasteiger partial charge < -0.3 is 5.32 Å². The van der Waals surface area contributed by atoms with Gasteiger partial charge in [-0.1, -0.05) is 30.4 Å². The van der Waals surface area contributed by atoms with Crippen molar-refractivity contribution >= 4 is 38.0 Å². The second kappa shape index (κ2) is 5.31. The van der Waals surface area contributed by atoms with Gasteiger partial charge in [-0.15, -0.1) is 11.3 Å². The lowest BCUT2D eigenvalue weighted by molar-refractivity contribution is 1.08. The summed E-state index contributed by atoms with van der Waals surface area (Å²) in [5.41, 5.74) is 3.80. The lowest BCUT2D eigenvalue weighted by Crippen LogP contribution is -1.99. The van der Waals surface area contributed by atoms with Gasteiger partial charge in [0.05, 0.1) is 16.8 Å². The molecule has 0 aliphatic rings. The first-order valence-corrected chi connectivity index (χ1v) is 8.13. The predicted octanol–water partition coefficient (Wildman–Crippen LogP) is 4.84. The zero-order valence-corrected chi connectivity index (χ0v) is 12.7. The van der Waals surface area contributed by atoms with Gasteiger partial charge in [0, 0.05) is 4.88 Å². The topological polar surface area (TPSA) is 24.9 Å². The van der Waals surface area contributed by atoms with Crippen molar-refractivity contribution in [1.82, 2.24) is 4.98 Å². The lowest BCUT2D eigenvalue weighted by atomic mass is 10.2. The fourth-order valence-electron chi connectivity index (χ4n) is 2.15. The van der Waals surface area contributed by atoms with E-state index in [0.717, 1.165) is 23.6 Å². The van der Waals surface area contributed by atoms with Gasteiger partial charge in [-0.25, -0.2) is 4.98 Å². The highest BCUT2D eigenvalue weighted by Crippen LogP contribution is 2.28. The van der Waals surface area contributed by atoms with Crippen molar-refractivity contribution in [3.8, 4) is 0 Å². The Bertz CT molecular complexity index is 697. The average Bonchev–Trinajstić information content (AvgIpc) is 3.02. The summed E-state index contributed by atoms with van der Waals surface area (Å²) in [5, 5.41) is 6.63. The van der Waals surface area contributed by atoms with Crippen molar-refractivity contribution < 1.29 is 0 Å². The molecule has 1 aromatic carbocycles. The second-order valence-corrected chi connectivity index (χ2v) is 6.55. The Kier molecular flexibility index (Phi) is 3.53. The van der Waals surface area contributed by atoms with Crippen molar-refractivity contribution in [2.45, 2.75) is 26.8 Å². The van der Waals surface area contributed by atoms with Crippen LogP contribution < -0.4 is 5.32 Å². The summed E-state index contributed by atoms with van der Waals surface area (Å²) in [6.07, 6.45) is 1.10. The normalized spacial score (nSPS) is 11.1. The fraction of sp³-hybridized carbons (Fsp3) is 0.267. The lowest BCUT2D eigenvalue weighted by Gasteiger charge is -2.02. The number of thiazole rings is 1. The predicted molar refractivity (Wildman–Crippen MR) is 85.4 cm³/mol. The van der Waals surface area contributed by atoms with E-state index in [1.807, 2.05) is 11.3 Å². The number of anilines is 1. The Labute approximate surface area is 121 Å². The maximum atomic E-state index is 4.68. The second-order valence-electron chi connectivity index (χ2n) is 4.52. The Morgan fingerprint density at radius 1 is 1.26 bits per heavy atom. The minimum atomic E-state index is 0.875. The Morgan fingerprint density at radius 2 is 2.16 bits per heavy atom. The van der Waals surface area contributed by atoms with E-state index >= 15 is 0 Å². The summed E-state index contributed by atoms with van der Waals surface area (Å²) >= 11 is 3.55. The molecule has 0 aliphatic heterocycles. The van der Waals surface area contributed by atoms with E-state index in [2.05, 4.69) is 53.8 Å². The molecule has 0 unspecified atom stereocenters. The largest absolute Gasteiger partial charge is 0.357 e. The van der Waals surface area contributed by atoms with Gasteiger partial charge in [0.25, 0.3) is 0 Å². The van der Waals surface area contributed by atoms with Crippen LogP contribution in [0.15, 0.2) is 29.6 Å². The maximum Gasteiger partial charge on any atom is 0.184 e. The van der Waals surface area contributed by atoms with Crippen LogP contribution in [0.25, 0.3) is 10.2 Å². The first-order chi connectivity index (χ1) is 9.28. The molecule has 0 saturated carbocycles. The molecule has 0 bridgehead atoms. The van der Waals surface area contributed by atoms with Crippen LogP contribution in [-0.2, 0) is 13.0 Å². The van der Waals surface area contributed by atoms with Crippen LogP contribution >= 0.6 is 22.7 Å². The van der Waals surface area contributed by atoms with E-state index < -0.39 is 0 Å². The molecule has 0 atom stereocenters. The highest BCUT2D eigenvalue weighted by molar-refractivity contribution is 7.22. The summed E-state index contributed by atoms with van der Waals surface area (Å²) < 4.78 is 1.25. The van der Waals surface area contributed by atoms with Crippen LogP contribution in [0.5, 0.6) is 0 Å². The number of fused-ring (bicyclic) bond motifs is 1. The number of aryl methyl sites for hydroxylation is 2. The highest BCUT2D eigenvalue weighted by Gasteiger charge is 2.07. The van der Waals surface area contributed by atoms with Crippen LogP contribution in [0.4, 0.5) is 5.13 Å². The van der Waals surface area contributed by atoms with Crippen molar-refractivity contribution in [3.63, 3.8) is 0 Å². The molecule has 0 fully saturated rings. The quantitative estimate of drug-likeness (QED) is 0.743. The van der Waals surface area contributed by atoms with Crippen molar-refractivity contribution in [2.24, 2.45) is 0 Å². The molecule has 2 aromatic heterocycles. The molecule has 3 rings (SSSR count). The third kappa shape index (κ3) is 2.51. The summed E-state index contributed by atoms with van der Waals surface area (Å²) in [6.45, 7) is 5.19. The highest BCUT2D eigenvalue weighted by atomic mass is 32.1. The van der Waals surface area contributed by atoms with Crippen LogP contribution in [0.1, 0.15) is 22.9 Å². The SMILES string of the molecule is CCc1ccsc1CNc1nc2c(C)cccc2s1. The van der Waals surface area contributed by atoms with Crippen molar-refractivity contribution in [2.75, 3.05) is 5.32 Å². The van der Waals surface area contributed by atoms with Gasteiger partial charge in [0.15, 0.2) is 5.13 Å². The molecule has 0 saturated heterocycles. The van der Waals surface area contributed by atoms with Crippen LogP contribution in [0.2, 0.25) is 0 Å². The summed E-state index contributed by atoms with van der Waals surface area (Å²) in [4.78, 5) is 6.09. The Hall–Kier alpha value is -1.39. The molecule has 4 heteroatoms. The molecule has 2 nitrogen and oxygen atoms in total. The van der Waals surface area contributed by atoms with Gasteiger partial charge in [-0.05, 0) is 42.0 Å². The molecule has 0 aliphatic carbocycles. The molecular weight excluding hydrogens is 272 g/mol. The molecule has 98 valence electrons. The Morgan fingerprint density at radius 3 is 2.95 bits per heavy atom. The summed E-state index contributed by atoms with van der Waals surface area (Å²) in [6, 6.07) is 8.55. The fourth-order valence-corrected chi connectivity index (χ4v) is 4.01. The minimum Gasteiger partial charge on any atom is -0.357 e. The van der Waals surface area contributed by atoms with E-state index in [1.54, 1.807) is 11.3 Å². The molecule has 19 heavy (non-hydrogen) atoms. The summed E-state index contributed by atoms with van der Waals surface area (Å²) in [7, 11) is 0. The number of benzene rings is 1. The van der Waals surface area contributed by atoms with Gasteiger partial charge >= 0.3 is 0 Å². The van der Waals surface area contributed by atoms with E-state index in [1.165, 1.54) is 20.7 Å². The number of nitrogens with zero attached hydrogens (tertiary/aromatic N) is 1. The first-order valence-electron chi connectivity index (χ1n) is 6.43. The third-order valence-corrected chi connectivity index (χ3v) is 5.18. The van der Waals surface area contributed by atoms with E-state index in [0.29, 0.717) is 0 Å². The molecule has 3 aromatic rings. The van der Waals surface area contributed by atoms with Crippen molar-refractivity contribution in [1.29, 1.82) is 0 Å². The monoisotopic (exact) mass is 288 g/mol. The smallest absolute Gasteiger partial charge is 0.184 e. The first kappa shape index (κ1) is 12.6. The molecule has 1 N–H and O–H groups in total. The number of rotatable bonds is 4. The molecule has 0 spiro atoms. The summed E-state index contributed by atoms with van der Waals surface area (Å²) in [5.74, 6) is 0. The van der Waals surface area contributed by atoms with Crippen molar-refractivity contribution in [3.05, 3.63) is 45.6 Å². The zero-order chi connectivity index (χ0) is 13.2. The minimum absolute atomic E-state index is 0.875. The van der Waals surface area contributed by atoms with E-state index in [-0.39, 0.29) is 0 Å². The number of nitrogens with one attached hydrogen (secondary N) is 1. The number of aromatic nitrogens is 1. The van der Waals surface area contributed by atoms with Gasteiger partial charge in [-0.2, -0.15) is 0 Å². The van der Waals surface area contributed by atoms with Gasteiger partial charge in [0.2, 0.25) is 0 Å². The Balaban J connectivity index is 1.80. The molecule has 0 radical (unpaired) electrons. The zero-order valence-electron chi connectivity index (χ0n) is 11.1. The number of para-hydroxylation sites is 1. The number of hydrogen-bond acceptors (Lipinski definition) is 4. The van der Waals surface area contributed by atoms with Gasteiger partial charge in [0.1, 0.15) is 0 Å². The number of thiophene rings is 1. The van der Waals surface area contributed by atoms with Gasteiger partial charge in [-0.3, -0.25) is 0 Å². The third-order valence-electron chi connectivity index (χ3n) is 3.24. The molecule has 2 heterocycles. The van der Waals surface area contributed by atoms with E-state index in [4.69, 9.17) is 0 Å². The van der Waals surface area contributed by atoms with Crippen LogP contribution in [0.3, 0.4) is 0 Å². The van der Waals surface area contributed by atoms with Crippen LogP contribution in [0, 0.1) is 6.92 Å². The average molecular weight is 288 g/mol. The number of hydrogen-bond donors (Lipinski definition) is 1.